The fourth-order valence-electron chi connectivity index (χ4n) is 3.27. The standard InChI is InChI=1S/C19H30N2O/c1-7-21(12(2)3)18(22)19(11-17(19)15(6)20)16-9-8-13(4)14(5)10-16/h8-10,12,15,17H,7,11,20H2,1-6H3/t15?,17-,19+/m1/s1/i1D3,7D2. The Morgan fingerprint density at radius 2 is 2.14 bits per heavy atom. The quantitative estimate of drug-likeness (QED) is 0.908. The van der Waals surface area contributed by atoms with E-state index in [-0.39, 0.29) is 12.0 Å². The number of aryl methyl sites for hydroxylation is 2. The summed E-state index contributed by atoms with van der Waals surface area (Å²) in [7, 11) is 0. The summed E-state index contributed by atoms with van der Waals surface area (Å²) in [5, 5.41) is 0. The average molecular weight is 307 g/mol. The van der Waals surface area contributed by atoms with Gasteiger partial charge in [0.2, 0.25) is 5.91 Å². The van der Waals surface area contributed by atoms with Crippen molar-refractivity contribution in [3.63, 3.8) is 0 Å². The molecule has 0 heterocycles. The summed E-state index contributed by atoms with van der Waals surface area (Å²) in [6.07, 6.45) is 0.492. The number of benzene rings is 1. The van der Waals surface area contributed by atoms with Crippen LogP contribution in [0.4, 0.5) is 0 Å². The molecule has 122 valence electrons. The van der Waals surface area contributed by atoms with Gasteiger partial charge in [-0.3, -0.25) is 4.79 Å². The minimum absolute atomic E-state index is 0.152. The van der Waals surface area contributed by atoms with E-state index in [4.69, 9.17) is 12.6 Å². The van der Waals surface area contributed by atoms with Crippen molar-refractivity contribution in [1.82, 2.24) is 4.90 Å². The van der Waals surface area contributed by atoms with Crippen molar-refractivity contribution in [3.8, 4) is 0 Å². The van der Waals surface area contributed by atoms with Gasteiger partial charge in [0.1, 0.15) is 0 Å². The predicted octanol–water partition coefficient (Wildman–Crippen LogP) is 3.17. The molecule has 2 N–H and O–H groups in total. The minimum atomic E-state index is -2.95. The molecule has 0 radical (unpaired) electrons. The second kappa shape index (κ2) is 6.04. The van der Waals surface area contributed by atoms with Gasteiger partial charge in [0.15, 0.2) is 0 Å². The van der Waals surface area contributed by atoms with Crippen LogP contribution in [-0.4, -0.2) is 29.4 Å². The summed E-state index contributed by atoms with van der Waals surface area (Å²) in [5.41, 5.74) is 8.05. The lowest BCUT2D eigenvalue weighted by Crippen LogP contribution is -2.45. The number of carbonyl (C=O) groups is 1. The third-order valence-corrected chi connectivity index (χ3v) is 4.91. The van der Waals surface area contributed by atoms with E-state index < -0.39 is 30.7 Å². The Balaban J connectivity index is 2.59. The highest BCUT2D eigenvalue weighted by Gasteiger charge is 2.63. The van der Waals surface area contributed by atoms with E-state index in [0.717, 1.165) is 21.6 Å². The maximum Gasteiger partial charge on any atom is 0.233 e. The zero-order valence-corrected chi connectivity index (χ0v) is 14.1. The molecule has 3 nitrogen and oxygen atoms in total. The summed E-state index contributed by atoms with van der Waals surface area (Å²) in [6, 6.07) is 4.90. The van der Waals surface area contributed by atoms with Crippen LogP contribution in [0.25, 0.3) is 0 Å². The Hall–Kier alpha value is -1.35. The Kier molecular flexibility index (Phi) is 3.08. The van der Waals surface area contributed by atoms with Crippen LogP contribution < -0.4 is 5.73 Å². The first-order valence-electron chi connectivity index (χ1n) is 10.3. The number of likely N-dealkylation sites (N-methyl/N-ethyl adjacent to an activating group) is 1. The topological polar surface area (TPSA) is 46.3 Å². The van der Waals surface area contributed by atoms with Gasteiger partial charge in [-0.2, -0.15) is 0 Å². The second-order valence-electron chi connectivity index (χ2n) is 6.82. The molecule has 0 aromatic heterocycles. The maximum absolute atomic E-state index is 13.7. The molecule has 1 aliphatic carbocycles. The fourth-order valence-corrected chi connectivity index (χ4v) is 3.27. The second-order valence-corrected chi connectivity index (χ2v) is 6.82. The number of hydrogen-bond donors (Lipinski definition) is 1. The number of nitrogens with zero attached hydrogens (tertiary/aromatic N) is 1. The lowest BCUT2D eigenvalue weighted by molar-refractivity contribution is -0.136. The van der Waals surface area contributed by atoms with Crippen molar-refractivity contribution < 1.29 is 11.6 Å². The summed E-state index contributed by atoms with van der Waals surface area (Å²) >= 11 is 0. The first kappa shape index (κ1) is 11.2. The van der Waals surface area contributed by atoms with Gasteiger partial charge in [-0.25, -0.2) is 0 Å². The molecule has 0 bridgehead atoms. The van der Waals surface area contributed by atoms with E-state index in [2.05, 4.69) is 0 Å². The van der Waals surface area contributed by atoms with Gasteiger partial charge >= 0.3 is 0 Å². The number of hydrogen-bond acceptors (Lipinski definition) is 2. The van der Waals surface area contributed by atoms with Gasteiger partial charge in [-0.15, -0.1) is 0 Å². The predicted molar refractivity (Wildman–Crippen MR) is 91.9 cm³/mol. The number of carbonyl (C=O) groups excluding carboxylic acids is 1. The van der Waals surface area contributed by atoms with Gasteiger partial charge in [0, 0.05) is 25.4 Å². The molecule has 0 saturated heterocycles. The van der Waals surface area contributed by atoms with Crippen LogP contribution in [0, 0.1) is 19.8 Å². The van der Waals surface area contributed by atoms with Gasteiger partial charge < -0.3 is 10.6 Å². The van der Waals surface area contributed by atoms with E-state index in [0.29, 0.717) is 6.42 Å². The Morgan fingerprint density at radius 3 is 2.59 bits per heavy atom. The Morgan fingerprint density at radius 1 is 1.45 bits per heavy atom. The molecular weight excluding hydrogens is 272 g/mol. The van der Waals surface area contributed by atoms with Crippen LogP contribution in [0.5, 0.6) is 0 Å². The molecule has 22 heavy (non-hydrogen) atoms. The monoisotopic (exact) mass is 307 g/mol. The van der Waals surface area contributed by atoms with E-state index in [9.17, 15) is 4.79 Å². The van der Waals surface area contributed by atoms with Gasteiger partial charge in [0.05, 0.1) is 5.41 Å². The van der Waals surface area contributed by atoms with E-state index >= 15 is 0 Å². The largest absolute Gasteiger partial charge is 0.340 e. The number of nitrogens with two attached hydrogens (primary N) is 1. The molecular formula is C19H30N2O. The van der Waals surface area contributed by atoms with Crippen molar-refractivity contribution in [2.75, 3.05) is 6.50 Å². The van der Waals surface area contributed by atoms with Crippen molar-refractivity contribution in [3.05, 3.63) is 34.9 Å². The van der Waals surface area contributed by atoms with Gasteiger partial charge in [0.25, 0.3) is 0 Å². The fraction of sp³-hybridized carbons (Fsp3) is 0.632. The summed E-state index contributed by atoms with van der Waals surface area (Å²) in [6.45, 7) is 3.34. The number of amides is 1. The summed E-state index contributed by atoms with van der Waals surface area (Å²) in [5.74, 6) is -0.648. The first-order valence-corrected chi connectivity index (χ1v) is 7.85. The van der Waals surface area contributed by atoms with Crippen molar-refractivity contribution in [2.24, 2.45) is 11.7 Å². The van der Waals surface area contributed by atoms with Crippen LogP contribution in [-0.2, 0) is 10.2 Å². The van der Waals surface area contributed by atoms with Crippen LogP contribution in [0.1, 0.15) is 57.6 Å². The zero-order valence-electron chi connectivity index (χ0n) is 19.1. The highest BCUT2D eigenvalue weighted by molar-refractivity contribution is 5.92. The van der Waals surface area contributed by atoms with Crippen LogP contribution >= 0.6 is 0 Å². The Bertz CT molecular complexity index is 729. The minimum Gasteiger partial charge on any atom is -0.340 e. The molecule has 3 heteroatoms. The van der Waals surface area contributed by atoms with Gasteiger partial charge in [-0.1, -0.05) is 18.2 Å². The van der Waals surface area contributed by atoms with E-state index in [1.54, 1.807) is 13.8 Å². The molecule has 0 aliphatic heterocycles. The van der Waals surface area contributed by atoms with E-state index in [1.807, 2.05) is 39.0 Å². The SMILES string of the molecule is [2H]C([2H])([2H])C([2H])([2H])N(C(=O)[C@]1(c2ccc(C)c(C)c2)C[C@@H]1C(C)N)C(C)C. The van der Waals surface area contributed by atoms with Crippen LogP contribution in [0.15, 0.2) is 18.2 Å². The van der Waals surface area contributed by atoms with Gasteiger partial charge in [-0.05, 0) is 70.5 Å². The van der Waals surface area contributed by atoms with Crippen molar-refractivity contribution in [2.45, 2.75) is 65.4 Å². The maximum atomic E-state index is 13.7. The van der Waals surface area contributed by atoms with E-state index in [1.165, 1.54) is 0 Å². The average Bonchev–Trinajstić information content (AvgIpc) is 3.25. The molecule has 1 fully saturated rings. The molecule has 1 amide bonds. The highest BCUT2D eigenvalue weighted by Crippen LogP contribution is 2.57. The smallest absolute Gasteiger partial charge is 0.233 e. The number of rotatable bonds is 5. The van der Waals surface area contributed by atoms with Crippen molar-refractivity contribution in [1.29, 1.82) is 0 Å². The third kappa shape index (κ3) is 2.67. The zero-order chi connectivity index (χ0) is 20.9. The third-order valence-electron chi connectivity index (χ3n) is 4.91. The summed E-state index contributed by atoms with van der Waals surface area (Å²) < 4.78 is 39.2. The van der Waals surface area contributed by atoms with Crippen molar-refractivity contribution >= 4 is 5.91 Å². The lowest BCUT2D eigenvalue weighted by Gasteiger charge is -2.31. The molecule has 1 unspecified atom stereocenters. The molecule has 2 rings (SSSR count). The van der Waals surface area contributed by atoms with Crippen LogP contribution in [0.3, 0.4) is 0 Å². The molecule has 1 aromatic carbocycles. The highest BCUT2D eigenvalue weighted by atomic mass is 16.2. The Labute approximate surface area is 141 Å². The molecule has 1 aromatic rings. The summed E-state index contributed by atoms with van der Waals surface area (Å²) in [4.78, 5) is 14.6. The molecule has 3 atom stereocenters. The molecule has 0 spiro atoms. The van der Waals surface area contributed by atoms with Crippen LogP contribution in [0.2, 0.25) is 0 Å². The molecule has 1 saturated carbocycles. The normalized spacial score (nSPS) is 29.8. The lowest BCUT2D eigenvalue weighted by atomic mass is 9.87. The molecule has 1 aliphatic rings. The first-order chi connectivity index (χ1) is 12.2.